The van der Waals surface area contributed by atoms with Crippen molar-refractivity contribution in [1.29, 1.82) is 0 Å². The molecule has 0 bridgehead atoms. The van der Waals surface area contributed by atoms with Gasteiger partial charge in [0.1, 0.15) is 6.23 Å². The lowest BCUT2D eigenvalue weighted by molar-refractivity contribution is -0.0397. The van der Waals surface area contributed by atoms with Crippen LogP contribution in [0.3, 0.4) is 0 Å². The van der Waals surface area contributed by atoms with E-state index in [0.29, 0.717) is 17.9 Å². The molecule has 1 rings (SSSR count). The number of carboxylic acid groups (broad SMARTS) is 1. The molecular formula is C14H20ClNO3. The molecule has 19 heavy (non-hydrogen) atoms. The molecule has 106 valence electrons. The van der Waals surface area contributed by atoms with E-state index < -0.39 is 12.3 Å². The van der Waals surface area contributed by atoms with Gasteiger partial charge >= 0.3 is 6.09 Å². The molecule has 5 heteroatoms. The average molecular weight is 286 g/mol. The number of halogens is 1. The number of methoxy groups -OCH3 is 1. The summed E-state index contributed by atoms with van der Waals surface area (Å²) in [5, 5.41) is 9.99. The van der Waals surface area contributed by atoms with Gasteiger partial charge in [0.25, 0.3) is 0 Å². The Kier molecular flexibility index (Phi) is 6.12. The van der Waals surface area contributed by atoms with Crippen LogP contribution in [-0.4, -0.2) is 35.5 Å². The third-order valence-electron chi connectivity index (χ3n) is 3.10. The Labute approximate surface area is 118 Å². The first-order chi connectivity index (χ1) is 9.01. The molecule has 0 spiro atoms. The second-order valence-corrected chi connectivity index (χ2v) is 4.84. The molecule has 0 fully saturated rings. The molecule has 0 aromatic heterocycles. The number of hydrogen-bond acceptors (Lipinski definition) is 2. The van der Waals surface area contributed by atoms with Crippen LogP contribution < -0.4 is 0 Å². The van der Waals surface area contributed by atoms with Crippen LogP contribution in [0.15, 0.2) is 24.3 Å². The Morgan fingerprint density at radius 1 is 1.47 bits per heavy atom. The van der Waals surface area contributed by atoms with E-state index in [9.17, 15) is 9.90 Å². The van der Waals surface area contributed by atoms with E-state index in [1.807, 2.05) is 38.1 Å². The van der Waals surface area contributed by atoms with Crippen molar-refractivity contribution < 1.29 is 14.6 Å². The summed E-state index contributed by atoms with van der Waals surface area (Å²) in [6.45, 7) is 3.76. The molecule has 0 aliphatic heterocycles. The summed E-state index contributed by atoms with van der Waals surface area (Å²) in [6.07, 6.45) is -0.246. The van der Waals surface area contributed by atoms with Crippen LogP contribution >= 0.6 is 11.6 Å². The minimum atomic E-state index is -0.978. The zero-order valence-electron chi connectivity index (χ0n) is 11.5. The van der Waals surface area contributed by atoms with Gasteiger partial charge in [0.2, 0.25) is 0 Å². The molecule has 0 aliphatic carbocycles. The quantitative estimate of drug-likeness (QED) is 0.812. The highest BCUT2D eigenvalue weighted by Crippen LogP contribution is 2.20. The zero-order chi connectivity index (χ0) is 14.4. The maximum absolute atomic E-state index is 11.4. The van der Waals surface area contributed by atoms with Gasteiger partial charge in [-0.25, -0.2) is 4.79 Å². The fraction of sp³-hybridized carbons (Fsp3) is 0.500. The summed E-state index contributed by atoms with van der Waals surface area (Å²) in [4.78, 5) is 12.7. The summed E-state index contributed by atoms with van der Waals surface area (Å²) in [5.74, 6) is 0. The smallest absolute Gasteiger partial charge is 0.409 e. The lowest BCUT2D eigenvalue weighted by Gasteiger charge is -2.33. The summed E-state index contributed by atoms with van der Waals surface area (Å²) < 4.78 is 5.22. The number of amides is 1. The van der Waals surface area contributed by atoms with Crippen LogP contribution in [-0.2, 0) is 11.2 Å². The molecule has 1 aromatic rings. The van der Waals surface area contributed by atoms with Crippen LogP contribution in [0.1, 0.15) is 25.8 Å². The van der Waals surface area contributed by atoms with E-state index in [4.69, 9.17) is 16.3 Å². The SMILES string of the molecule is CC[C@@H](OC)N(C(=O)O)[C@H](C)Cc1ccccc1Cl. The van der Waals surface area contributed by atoms with Gasteiger partial charge in [0, 0.05) is 18.2 Å². The molecule has 0 saturated heterocycles. The van der Waals surface area contributed by atoms with Gasteiger partial charge in [-0.15, -0.1) is 0 Å². The van der Waals surface area contributed by atoms with Crippen molar-refractivity contribution >= 4 is 17.7 Å². The van der Waals surface area contributed by atoms with Crippen LogP contribution in [0.25, 0.3) is 0 Å². The topological polar surface area (TPSA) is 49.8 Å². The fourth-order valence-corrected chi connectivity index (χ4v) is 2.37. The minimum absolute atomic E-state index is 0.206. The molecule has 0 aliphatic rings. The number of ether oxygens (including phenoxy) is 1. The van der Waals surface area contributed by atoms with Crippen LogP contribution in [0.4, 0.5) is 4.79 Å². The predicted molar refractivity (Wildman–Crippen MR) is 75.6 cm³/mol. The molecule has 4 nitrogen and oxygen atoms in total. The molecule has 0 saturated carbocycles. The summed E-state index contributed by atoms with van der Waals surface area (Å²) in [6, 6.07) is 7.26. The first-order valence-corrected chi connectivity index (χ1v) is 6.66. The lowest BCUT2D eigenvalue weighted by atomic mass is 10.1. The molecule has 0 heterocycles. The van der Waals surface area contributed by atoms with Gasteiger partial charge < -0.3 is 9.84 Å². The average Bonchev–Trinajstić information content (AvgIpc) is 2.37. The Morgan fingerprint density at radius 3 is 2.58 bits per heavy atom. The van der Waals surface area contributed by atoms with Crippen molar-refractivity contribution in [3.05, 3.63) is 34.9 Å². The third-order valence-corrected chi connectivity index (χ3v) is 3.47. The molecule has 0 radical (unpaired) electrons. The van der Waals surface area contributed by atoms with Crippen molar-refractivity contribution in [2.75, 3.05) is 7.11 Å². The molecule has 1 aromatic carbocycles. The summed E-state index contributed by atoms with van der Waals surface area (Å²) in [7, 11) is 1.52. The Hall–Kier alpha value is -1.26. The van der Waals surface area contributed by atoms with Crippen molar-refractivity contribution in [3.63, 3.8) is 0 Å². The van der Waals surface area contributed by atoms with Gasteiger partial charge in [-0.2, -0.15) is 0 Å². The van der Waals surface area contributed by atoms with Crippen molar-refractivity contribution in [3.8, 4) is 0 Å². The van der Waals surface area contributed by atoms with E-state index in [0.717, 1.165) is 5.56 Å². The molecule has 1 amide bonds. The van der Waals surface area contributed by atoms with Crippen LogP contribution in [0.2, 0.25) is 5.02 Å². The Balaban J connectivity index is 2.86. The highest BCUT2D eigenvalue weighted by molar-refractivity contribution is 6.31. The second kappa shape index (κ2) is 7.36. The predicted octanol–water partition coefficient (Wildman–Crippen LogP) is 3.63. The Morgan fingerprint density at radius 2 is 2.11 bits per heavy atom. The monoisotopic (exact) mass is 285 g/mol. The van der Waals surface area contributed by atoms with Crippen LogP contribution in [0, 0.1) is 0 Å². The standard InChI is InChI=1S/C14H20ClNO3/c1-4-13(19-3)16(14(17)18)10(2)9-11-7-5-6-8-12(11)15/h5-8,10,13H,4,9H2,1-3H3,(H,17,18)/t10-,13-/m1/s1. The van der Waals surface area contributed by atoms with E-state index in [-0.39, 0.29) is 6.04 Å². The van der Waals surface area contributed by atoms with Gasteiger partial charge in [-0.1, -0.05) is 36.7 Å². The van der Waals surface area contributed by atoms with Gasteiger partial charge in [-0.05, 0) is 31.4 Å². The van der Waals surface area contributed by atoms with Crippen molar-refractivity contribution in [2.45, 2.75) is 39.0 Å². The summed E-state index contributed by atoms with van der Waals surface area (Å²) in [5.41, 5.74) is 0.939. The van der Waals surface area contributed by atoms with Crippen molar-refractivity contribution in [1.82, 2.24) is 4.90 Å². The maximum atomic E-state index is 11.4. The van der Waals surface area contributed by atoms with E-state index in [1.54, 1.807) is 0 Å². The fourth-order valence-electron chi connectivity index (χ4n) is 2.15. The number of nitrogens with zero attached hydrogens (tertiary/aromatic N) is 1. The van der Waals surface area contributed by atoms with Gasteiger partial charge in [0.05, 0.1) is 0 Å². The first kappa shape index (κ1) is 15.8. The molecule has 1 N–H and O–H groups in total. The lowest BCUT2D eigenvalue weighted by Crippen LogP contribution is -2.47. The summed E-state index contributed by atoms with van der Waals surface area (Å²) >= 11 is 6.10. The normalized spacial score (nSPS) is 13.9. The van der Waals surface area contributed by atoms with E-state index in [2.05, 4.69) is 0 Å². The van der Waals surface area contributed by atoms with E-state index in [1.165, 1.54) is 12.0 Å². The zero-order valence-corrected chi connectivity index (χ0v) is 12.2. The third kappa shape index (κ3) is 4.11. The second-order valence-electron chi connectivity index (χ2n) is 4.43. The molecule has 0 unspecified atom stereocenters. The van der Waals surface area contributed by atoms with Crippen molar-refractivity contribution in [2.24, 2.45) is 0 Å². The first-order valence-electron chi connectivity index (χ1n) is 6.28. The highest BCUT2D eigenvalue weighted by Gasteiger charge is 2.27. The molecular weight excluding hydrogens is 266 g/mol. The van der Waals surface area contributed by atoms with E-state index >= 15 is 0 Å². The minimum Gasteiger partial charge on any atom is -0.465 e. The number of hydrogen-bond donors (Lipinski definition) is 1. The largest absolute Gasteiger partial charge is 0.465 e. The van der Waals surface area contributed by atoms with Gasteiger partial charge in [0.15, 0.2) is 0 Å². The van der Waals surface area contributed by atoms with Gasteiger partial charge in [-0.3, -0.25) is 4.90 Å². The number of rotatable bonds is 6. The highest BCUT2D eigenvalue weighted by atomic mass is 35.5. The van der Waals surface area contributed by atoms with Crippen LogP contribution in [0.5, 0.6) is 0 Å². The number of carbonyl (C=O) groups is 1. The maximum Gasteiger partial charge on any atom is 0.409 e. The number of benzene rings is 1. The molecule has 2 atom stereocenters. The Bertz CT molecular complexity index is 421.